The Bertz CT molecular complexity index is 634. The largest absolute Gasteiger partial charge is 0.491 e. The predicted octanol–water partition coefficient (Wildman–Crippen LogP) is 2.11. The van der Waals surface area contributed by atoms with Gasteiger partial charge in [0.1, 0.15) is 11.6 Å². The number of hydrogen-bond acceptors (Lipinski definition) is 4. The van der Waals surface area contributed by atoms with Crippen LogP contribution >= 0.6 is 0 Å². The molecule has 1 rings (SSSR count). The minimum atomic E-state index is -4.46. The van der Waals surface area contributed by atoms with E-state index >= 15 is 0 Å². The Balaban J connectivity index is 2.71. The molecule has 11 heteroatoms. The molecule has 1 aromatic rings. The van der Waals surface area contributed by atoms with Crippen LogP contribution in [-0.4, -0.2) is 47.1 Å². The van der Waals surface area contributed by atoms with Crippen molar-refractivity contribution in [3.05, 3.63) is 24.0 Å². The van der Waals surface area contributed by atoms with Crippen LogP contribution in [0.2, 0.25) is 0 Å². The molecule has 140 valence electrons. The number of alkyl halides is 3. The first-order valence-electron chi connectivity index (χ1n) is 6.90. The average Bonchev–Trinajstić information content (AvgIpc) is 2.46. The maximum atomic E-state index is 13.2. The average molecular weight is 368 g/mol. The monoisotopic (exact) mass is 368 g/mol. The number of carbonyl (C=O) groups is 2. The quantitative estimate of drug-likeness (QED) is 0.552. The smallest absolute Gasteiger partial charge is 0.392 e. The van der Waals surface area contributed by atoms with Gasteiger partial charge >= 0.3 is 18.2 Å². The van der Waals surface area contributed by atoms with Gasteiger partial charge in [-0.05, 0) is 19.1 Å². The third kappa shape index (κ3) is 7.25. The number of anilines is 1. The Morgan fingerprint density at radius 1 is 1.28 bits per heavy atom. The maximum absolute atomic E-state index is 13.2. The van der Waals surface area contributed by atoms with Crippen LogP contribution in [0.1, 0.15) is 13.3 Å². The summed E-state index contributed by atoms with van der Waals surface area (Å²) < 4.78 is 54.4. The van der Waals surface area contributed by atoms with Gasteiger partial charge in [-0.1, -0.05) is 0 Å². The van der Waals surface area contributed by atoms with Gasteiger partial charge in [0.25, 0.3) is 0 Å². The molecule has 0 aliphatic heterocycles. The van der Waals surface area contributed by atoms with Crippen molar-refractivity contribution in [1.29, 1.82) is 0 Å². The van der Waals surface area contributed by atoms with E-state index in [9.17, 15) is 32.3 Å². The molecule has 1 atom stereocenters. The Morgan fingerprint density at radius 2 is 1.92 bits per heavy atom. The molecular formula is C14H16F4N2O5. The van der Waals surface area contributed by atoms with E-state index in [0.29, 0.717) is 0 Å². The lowest BCUT2D eigenvalue weighted by Crippen LogP contribution is -2.47. The van der Waals surface area contributed by atoms with Gasteiger partial charge in [0.05, 0.1) is 25.3 Å². The lowest BCUT2D eigenvalue weighted by molar-refractivity contribution is -0.155. The molecule has 0 saturated carbocycles. The molecule has 0 fully saturated rings. The standard InChI is InChI=1S/C14H16F4N2O5/c1-13(24,11(21)22)7-19-12(23)20-9-3-2-8(15)6-10(9)25-5-4-14(16,17)18/h2-3,6,24H,4-5,7H2,1H3,(H,21,22)(H2,19,20,23). The van der Waals surface area contributed by atoms with Gasteiger partial charge in [0.2, 0.25) is 0 Å². The number of rotatable bonds is 7. The lowest BCUT2D eigenvalue weighted by atomic mass is 10.1. The first kappa shape index (κ1) is 20.5. The van der Waals surface area contributed by atoms with Gasteiger partial charge in [-0.2, -0.15) is 13.2 Å². The number of carboxylic acid groups (broad SMARTS) is 1. The summed E-state index contributed by atoms with van der Waals surface area (Å²) in [5.41, 5.74) is -2.34. The summed E-state index contributed by atoms with van der Waals surface area (Å²) in [6.45, 7) is -0.463. The van der Waals surface area contributed by atoms with E-state index in [1.54, 1.807) is 0 Å². The lowest BCUT2D eigenvalue weighted by Gasteiger charge is -2.19. The second-order valence-electron chi connectivity index (χ2n) is 5.24. The van der Waals surface area contributed by atoms with Crippen molar-refractivity contribution >= 4 is 17.7 Å². The molecule has 0 bridgehead atoms. The number of halogens is 4. The van der Waals surface area contributed by atoms with Crippen LogP contribution in [0.25, 0.3) is 0 Å². The van der Waals surface area contributed by atoms with Crippen molar-refractivity contribution in [1.82, 2.24) is 5.32 Å². The Morgan fingerprint density at radius 3 is 2.48 bits per heavy atom. The molecule has 0 aliphatic rings. The van der Waals surface area contributed by atoms with Crippen molar-refractivity contribution in [2.45, 2.75) is 25.1 Å². The maximum Gasteiger partial charge on any atom is 0.392 e. The Hall–Kier alpha value is -2.56. The zero-order chi connectivity index (χ0) is 19.3. The highest BCUT2D eigenvalue weighted by atomic mass is 19.4. The van der Waals surface area contributed by atoms with Gasteiger partial charge in [0, 0.05) is 6.07 Å². The normalized spacial score (nSPS) is 13.7. The summed E-state index contributed by atoms with van der Waals surface area (Å²) in [7, 11) is 0. The third-order valence-corrected chi connectivity index (χ3v) is 2.89. The molecule has 0 spiro atoms. The highest BCUT2D eigenvalue weighted by Gasteiger charge is 2.30. The minimum absolute atomic E-state index is 0.129. The third-order valence-electron chi connectivity index (χ3n) is 2.89. The molecule has 1 aromatic carbocycles. The van der Waals surface area contributed by atoms with E-state index in [0.717, 1.165) is 25.1 Å². The van der Waals surface area contributed by atoms with E-state index in [4.69, 9.17) is 9.84 Å². The van der Waals surface area contributed by atoms with Crippen LogP contribution < -0.4 is 15.4 Å². The molecule has 2 amide bonds. The second kappa shape index (κ2) is 8.01. The summed E-state index contributed by atoms with van der Waals surface area (Å²) in [6, 6.07) is 1.83. The highest BCUT2D eigenvalue weighted by molar-refractivity contribution is 5.91. The van der Waals surface area contributed by atoms with Crippen molar-refractivity contribution in [2.75, 3.05) is 18.5 Å². The number of carboxylic acids is 1. The fourth-order valence-corrected chi connectivity index (χ4v) is 1.49. The minimum Gasteiger partial charge on any atom is -0.491 e. The number of aliphatic carboxylic acids is 1. The number of carbonyl (C=O) groups excluding carboxylic acids is 1. The topological polar surface area (TPSA) is 108 Å². The van der Waals surface area contributed by atoms with E-state index in [1.165, 1.54) is 0 Å². The second-order valence-corrected chi connectivity index (χ2v) is 5.24. The number of nitrogens with one attached hydrogen (secondary N) is 2. The SMILES string of the molecule is CC(O)(CNC(=O)Nc1ccc(F)cc1OCCC(F)(F)F)C(=O)O. The number of benzene rings is 1. The molecule has 1 unspecified atom stereocenters. The van der Waals surface area contributed by atoms with E-state index in [-0.39, 0.29) is 11.4 Å². The fourth-order valence-electron chi connectivity index (χ4n) is 1.49. The number of urea groups is 1. The zero-order valence-corrected chi connectivity index (χ0v) is 13.0. The Kier molecular flexibility index (Phi) is 6.56. The number of ether oxygens (including phenoxy) is 1. The van der Waals surface area contributed by atoms with Crippen LogP contribution in [0.5, 0.6) is 5.75 Å². The number of aliphatic hydroxyl groups is 1. The molecule has 0 saturated heterocycles. The van der Waals surface area contributed by atoms with Gasteiger partial charge < -0.3 is 25.6 Å². The van der Waals surface area contributed by atoms with Crippen LogP contribution in [0, 0.1) is 5.82 Å². The molecular weight excluding hydrogens is 352 g/mol. The summed E-state index contributed by atoms with van der Waals surface area (Å²) in [5, 5.41) is 22.4. The van der Waals surface area contributed by atoms with Crippen LogP contribution in [-0.2, 0) is 4.79 Å². The Labute approximate surface area is 139 Å². The highest BCUT2D eigenvalue weighted by Crippen LogP contribution is 2.27. The molecule has 0 aliphatic carbocycles. The molecule has 0 radical (unpaired) electrons. The van der Waals surface area contributed by atoms with Gasteiger partial charge in [-0.3, -0.25) is 0 Å². The zero-order valence-electron chi connectivity index (χ0n) is 13.0. The van der Waals surface area contributed by atoms with Crippen molar-refractivity contribution in [3.63, 3.8) is 0 Å². The van der Waals surface area contributed by atoms with Crippen LogP contribution in [0.3, 0.4) is 0 Å². The van der Waals surface area contributed by atoms with Gasteiger partial charge in [-0.15, -0.1) is 0 Å². The summed E-state index contributed by atoms with van der Waals surface area (Å²) in [6.07, 6.45) is -5.72. The van der Waals surface area contributed by atoms with Crippen molar-refractivity contribution in [2.24, 2.45) is 0 Å². The fraction of sp³-hybridized carbons (Fsp3) is 0.429. The van der Waals surface area contributed by atoms with Crippen LogP contribution in [0.4, 0.5) is 28.0 Å². The summed E-state index contributed by atoms with van der Waals surface area (Å²) in [4.78, 5) is 22.4. The predicted molar refractivity (Wildman–Crippen MR) is 77.8 cm³/mol. The first-order chi connectivity index (χ1) is 11.4. The van der Waals surface area contributed by atoms with Crippen molar-refractivity contribution in [3.8, 4) is 5.75 Å². The molecule has 25 heavy (non-hydrogen) atoms. The van der Waals surface area contributed by atoms with Gasteiger partial charge in [0.15, 0.2) is 5.60 Å². The van der Waals surface area contributed by atoms with E-state index in [1.807, 2.05) is 0 Å². The summed E-state index contributed by atoms with van der Waals surface area (Å²) >= 11 is 0. The first-order valence-corrected chi connectivity index (χ1v) is 6.90. The van der Waals surface area contributed by atoms with Crippen LogP contribution in [0.15, 0.2) is 18.2 Å². The molecule has 7 nitrogen and oxygen atoms in total. The van der Waals surface area contributed by atoms with Gasteiger partial charge in [-0.25, -0.2) is 14.0 Å². The molecule has 0 aromatic heterocycles. The number of hydrogen-bond donors (Lipinski definition) is 4. The molecule has 4 N–H and O–H groups in total. The number of amides is 2. The van der Waals surface area contributed by atoms with E-state index in [2.05, 4.69) is 10.6 Å². The van der Waals surface area contributed by atoms with E-state index < -0.39 is 49.2 Å². The van der Waals surface area contributed by atoms with Crippen molar-refractivity contribution < 1.29 is 42.1 Å². The molecule has 0 heterocycles. The summed E-state index contributed by atoms with van der Waals surface area (Å²) in [5.74, 6) is -2.68.